The summed E-state index contributed by atoms with van der Waals surface area (Å²) in [5.74, 6) is -6.12. The number of ether oxygens (including phenoxy) is 2. The van der Waals surface area contributed by atoms with Gasteiger partial charge in [0.25, 0.3) is 0 Å². The molecule has 1 saturated heterocycles. The van der Waals surface area contributed by atoms with Crippen LogP contribution in [0.3, 0.4) is 0 Å². The Morgan fingerprint density at radius 3 is 2.33 bits per heavy atom. The molecule has 0 spiro atoms. The van der Waals surface area contributed by atoms with E-state index < -0.39 is 122 Å². The first-order chi connectivity index (χ1) is 25.5. The fourth-order valence-corrected chi connectivity index (χ4v) is 9.37. The number of fused-ring (bicyclic) bond motifs is 2. The van der Waals surface area contributed by atoms with E-state index in [1.54, 1.807) is 26.8 Å². The van der Waals surface area contributed by atoms with Crippen molar-refractivity contribution in [2.24, 2.45) is 29.1 Å². The van der Waals surface area contributed by atoms with Crippen LogP contribution >= 0.6 is 0 Å². The zero-order chi connectivity index (χ0) is 40.7. The molecule has 11 nitrogen and oxygen atoms in total. The second-order valence-corrected chi connectivity index (χ2v) is 19.0. The van der Waals surface area contributed by atoms with Crippen LogP contribution in [-0.2, 0) is 44.9 Å². The first kappa shape index (κ1) is 42.3. The van der Waals surface area contributed by atoms with E-state index in [2.05, 4.69) is 0 Å². The molecule has 16 heteroatoms. The monoisotopic (exact) mass is 798 g/mol. The molecule has 7 atom stereocenters. The molecule has 4 aliphatic rings. The molecule has 2 saturated carbocycles. The van der Waals surface area contributed by atoms with Crippen LogP contribution in [0.4, 0.5) is 17.6 Å². The average molecular weight is 799 g/mol. The van der Waals surface area contributed by atoms with Crippen molar-refractivity contribution in [3.05, 3.63) is 47.5 Å². The predicted molar refractivity (Wildman–Crippen MR) is 191 cm³/mol. The number of hydrogen-bond donors (Lipinski definition) is 1. The van der Waals surface area contributed by atoms with E-state index >= 15 is 0 Å². The van der Waals surface area contributed by atoms with Gasteiger partial charge in [0.1, 0.15) is 23.1 Å². The van der Waals surface area contributed by atoms with Gasteiger partial charge in [0.15, 0.2) is 5.78 Å². The molecule has 0 bridgehead atoms. The average Bonchev–Trinajstić information content (AvgIpc) is 3.98. The highest BCUT2D eigenvalue weighted by Gasteiger charge is 2.63. The highest BCUT2D eigenvalue weighted by molar-refractivity contribution is 7.91. The summed E-state index contributed by atoms with van der Waals surface area (Å²) in [5.41, 5.74) is -4.39. The summed E-state index contributed by atoms with van der Waals surface area (Å²) in [7, 11) is -4.43. The van der Waals surface area contributed by atoms with Crippen LogP contribution in [0.25, 0.3) is 0 Å². The standard InChI is InChI=1S/C39H50F4N2O9S/c1-23-10-6-7-11-25-19-38(25,35(50)44-55(51,52)37(22-40)14-15-37)20-31(46)30-17-26(53-34(49)27-12-8-9-13-29(27)39(41,42)43)21-45(30)33(48)28(24(2)16-23)18-32(47)54-36(3,4)5/h7-9,11-13,23-26,28,30H,6,10,14-22H2,1-5H3,(H,44,50)/b11-7-/t23?,24-,25-,26-,28+,30+,38-/m1/s1. The molecule has 1 aromatic carbocycles. The molecule has 1 N–H and O–H groups in total. The molecule has 1 aromatic rings. The molecule has 0 radical (unpaired) electrons. The SMILES string of the molecule is CC1CC/C=C\[C@@H]2C[C@@]2(C(=O)NS(=O)(=O)C2(CF)CC2)CC(=O)[C@@H]2C[C@@H](OC(=O)c3ccccc3C(F)(F)F)CN2C(=O)[C@@H](CC(=O)OC(C)(C)C)[C@H](C)C1. The van der Waals surface area contributed by atoms with E-state index in [1.807, 2.05) is 24.6 Å². The number of carbonyl (C=O) groups is 5. The van der Waals surface area contributed by atoms with Crippen LogP contribution in [0.5, 0.6) is 0 Å². The molecular weight excluding hydrogens is 748 g/mol. The lowest BCUT2D eigenvalue weighted by Gasteiger charge is -2.32. The maximum atomic E-state index is 14.6. The predicted octanol–water partition coefficient (Wildman–Crippen LogP) is 6.11. The summed E-state index contributed by atoms with van der Waals surface area (Å²) >= 11 is 0. The van der Waals surface area contributed by atoms with Crippen molar-refractivity contribution in [2.45, 2.75) is 121 Å². The van der Waals surface area contributed by atoms with Gasteiger partial charge < -0.3 is 14.4 Å². The number of amides is 2. The van der Waals surface area contributed by atoms with Gasteiger partial charge in [-0.1, -0.05) is 38.1 Å². The fourth-order valence-electron chi connectivity index (χ4n) is 7.93. The molecule has 5 rings (SSSR count). The minimum Gasteiger partial charge on any atom is -0.460 e. The largest absolute Gasteiger partial charge is 0.460 e. The number of nitrogens with zero attached hydrogens (tertiary/aromatic N) is 1. The Bertz CT molecular complexity index is 1820. The maximum absolute atomic E-state index is 14.6. The number of hydrogen-bond acceptors (Lipinski definition) is 9. The normalized spacial score (nSPS) is 30.5. The molecule has 304 valence electrons. The lowest BCUT2D eigenvalue weighted by molar-refractivity contribution is -0.160. The molecule has 2 aliphatic heterocycles. The van der Waals surface area contributed by atoms with Crippen LogP contribution in [0.1, 0.15) is 108 Å². The summed E-state index contributed by atoms with van der Waals surface area (Å²) in [6.07, 6.45) is -1.74. The fraction of sp³-hybridized carbons (Fsp3) is 0.667. The van der Waals surface area contributed by atoms with E-state index in [1.165, 1.54) is 11.0 Å². The maximum Gasteiger partial charge on any atom is 0.417 e. The van der Waals surface area contributed by atoms with Crippen molar-refractivity contribution in [1.29, 1.82) is 0 Å². The zero-order valence-electron chi connectivity index (χ0n) is 31.7. The van der Waals surface area contributed by atoms with Gasteiger partial charge >= 0.3 is 18.1 Å². The van der Waals surface area contributed by atoms with Gasteiger partial charge in [-0.05, 0) is 89.2 Å². The molecule has 55 heavy (non-hydrogen) atoms. The molecule has 1 unspecified atom stereocenters. The van der Waals surface area contributed by atoms with E-state index in [9.17, 15) is 50.0 Å². The highest BCUT2D eigenvalue weighted by Crippen LogP contribution is 2.58. The first-order valence-corrected chi connectivity index (χ1v) is 20.2. The van der Waals surface area contributed by atoms with Crippen LogP contribution in [0.15, 0.2) is 36.4 Å². The van der Waals surface area contributed by atoms with Crippen molar-refractivity contribution in [3.8, 4) is 0 Å². The third-order valence-corrected chi connectivity index (χ3v) is 13.5. The van der Waals surface area contributed by atoms with Gasteiger partial charge in [0.05, 0.1) is 41.5 Å². The second kappa shape index (κ2) is 15.6. The third-order valence-electron chi connectivity index (χ3n) is 11.3. The Kier molecular flexibility index (Phi) is 12.0. The van der Waals surface area contributed by atoms with Crippen molar-refractivity contribution in [1.82, 2.24) is 9.62 Å². The second-order valence-electron chi connectivity index (χ2n) is 16.9. The van der Waals surface area contributed by atoms with Gasteiger partial charge in [-0.15, -0.1) is 0 Å². The van der Waals surface area contributed by atoms with E-state index in [-0.39, 0.29) is 38.0 Å². The lowest BCUT2D eigenvalue weighted by atomic mass is 9.82. The Labute approximate surface area is 319 Å². The number of alkyl halides is 4. The Hall–Kier alpha value is -3.82. The molecule has 3 fully saturated rings. The Morgan fingerprint density at radius 2 is 1.71 bits per heavy atom. The van der Waals surface area contributed by atoms with E-state index in [4.69, 9.17) is 9.47 Å². The van der Waals surface area contributed by atoms with Crippen molar-refractivity contribution in [3.63, 3.8) is 0 Å². The molecule has 2 aliphatic carbocycles. The van der Waals surface area contributed by atoms with E-state index in [0.29, 0.717) is 19.3 Å². The lowest BCUT2D eigenvalue weighted by Crippen LogP contribution is -2.48. The molecule has 2 heterocycles. The van der Waals surface area contributed by atoms with Gasteiger partial charge in [-0.3, -0.25) is 23.9 Å². The van der Waals surface area contributed by atoms with Gasteiger partial charge in [-0.2, -0.15) is 13.2 Å². The molecule has 2 amide bonds. The van der Waals surface area contributed by atoms with E-state index in [0.717, 1.165) is 18.2 Å². The Morgan fingerprint density at radius 1 is 1.04 bits per heavy atom. The van der Waals surface area contributed by atoms with Crippen LogP contribution in [-0.4, -0.2) is 78.6 Å². The zero-order valence-corrected chi connectivity index (χ0v) is 32.6. The third kappa shape index (κ3) is 9.42. The minimum atomic E-state index is -4.88. The quantitative estimate of drug-likeness (QED) is 0.187. The van der Waals surface area contributed by atoms with Crippen molar-refractivity contribution < 1.29 is 59.4 Å². The van der Waals surface area contributed by atoms with Gasteiger partial charge in [-0.25, -0.2) is 17.6 Å². The minimum absolute atomic E-state index is 0.0368. The first-order valence-electron chi connectivity index (χ1n) is 18.7. The highest BCUT2D eigenvalue weighted by atomic mass is 32.2. The van der Waals surface area contributed by atoms with Crippen LogP contribution in [0, 0.1) is 29.1 Å². The number of sulfonamides is 1. The van der Waals surface area contributed by atoms with Crippen molar-refractivity contribution in [2.75, 3.05) is 13.2 Å². The summed E-state index contributed by atoms with van der Waals surface area (Å²) in [6, 6.07) is 2.71. The number of esters is 2. The van der Waals surface area contributed by atoms with Crippen molar-refractivity contribution >= 4 is 39.6 Å². The number of Topliss-reactive ketones (excluding diaryl/α,β-unsaturated/α-hetero) is 1. The molecular formula is C39H50F4N2O9S. The van der Waals surface area contributed by atoms with Gasteiger partial charge in [0.2, 0.25) is 21.8 Å². The van der Waals surface area contributed by atoms with Crippen LogP contribution in [0.2, 0.25) is 0 Å². The summed E-state index contributed by atoms with van der Waals surface area (Å²) in [6.45, 7) is 7.27. The number of halogens is 4. The number of allylic oxidation sites excluding steroid dienone is 2. The summed E-state index contributed by atoms with van der Waals surface area (Å²) in [5, 5.41) is 0. The number of benzene rings is 1. The smallest absolute Gasteiger partial charge is 0.417 e. The summed E-state index contributed by atoms with van der Waals surface area (Å²) in [4.78, 5) is 70.5. The number of rotatable bonds is 8. The number of carbonyl (C=O) groups excluding carboxylic acids is 5. The Balaban J connectivity index is 1.50. The summed E-state index contributed by atoms with van der Waals surface area (Å²) < 4.78 is 92.8. The van der Waals surface area contributed by atoms with Crippen LogP contribution < -0.4 is 4.72 Å². The number of ketones is 1. The van der Waals surface area contributed by atoms with Gasteiger partial charge in [0, 0.05) is 12.8 Å². The number of nitrogens with one attached hydrogen (secondary N) is 1. The topological polar surface area (TPSA) is 153 Å². The molecule has 0 aromatic heterocycles.